The van der Waals surface area contributed by atoms with Gasteiger partial charge in [0, 0.05) is 76.6 Å². The number of nitrogens with two attached hydrogens (primary N) is 1. The lowest BCUT2D eigenvalue weighted by Gasteiger charge is -2.27. The average Bonchev–Trinajstić information content (AvgIpc) is 1.53. The number of aromatic nitrogens is 1. The predicted molar refractivity (Wildman–Crippen MR) is 316 cm³/mol. The van der Waals surface area contributed by atoms with Gasteiger partial charge in [0.25, 0.3) is 66.6 Å². The van der Waals surface area contributed by atoms with Crippen LogP contribution >= 0.6 is 0 Å². The number of hydrogen-bond donors (Lipinski definition) is 8. The first-order valence-electron chi connectivity index (χ1n) is 25.4. The molecule has 1 amide bonds. The van der Waals surface area contributed by atoms with Gasteiger partial charge < -0.3 is 10.2 Å². The molecule has 0 aliphatic carbocycles. The summed E-state index contributed by atoms with van der Waals surface area (Å²) in [5.41, 5.74) is 0.151. The number of hydrogen-bond acceptors (Lipinski definition) is 17. The van der Waals surface area contributed by atoms with Crippen LogP contribution in [0.4, 0.5) is 11.4 Å². The topological polar surface area (TPSA) is 435 Å². The largest absolute Gasteiger partial charge is 0.352 e. The molecule has 0 unspecified atom stereocenters. The number of allylic oxidation sites excluding steroid dienone is 6. The van der Waals surface area contributed by atoms with Gasteiger partial charge >= 0.3 is 0 Å². The highest BCUT2D eigenvalue weighted by atomic mass is 32.2. The maximum Gasteiger partial charge on any atom is 0.295 e. The molecule has 33 heteroatoms. The van der Waals surface area contributed by atoms with E-state index in [1.807, 2.05) is 0 Å². The third-order valence-electron chi connectivity index (χ3n) is 14.6. The fourth-order valence-electron chi connectivity index (χ4n) is 10.8. The Morgan fingerprint density at radius 3 is 1.69 bits per heavy atom. The molecule has 0 saturated carbocycles. The first-order valence-corrected chi connectivity index (χ1v) is 35.9. The molecule has 2 aliphatic heterocycles. The maximum absolute atomic E-state index is 13.5. The number of primary sulfonamides is 1. The van der Waals surface area contributed by atoms with Crippen LogP contribution in [0.2, 0.25) is 0 Å². The molecule has 9 N–H and O–H groups in total. The van der Waals surface area contributed by atoms with Crippen molar-refractivity contribution in [2.45, 2.75) is 82.3 Å². The van der Waals surface area contributed by atoms with Crippen LogP contribution in [0.3, 0.4) is 0 Å². The van der Waals surface area contributed by atoms with Gasteiger partial charge in [-0.05, 0) is 121 Å². The number of nitrogens with zero attached hydrogens (tertiary/aromatic N) is 3. The minimum Gasteiger partial charge on any atom is -0.352 e. The SMILES string of the molecule is CC1(C)C(/C=C/C(=C/C=C2/N(CCCS(=O)(=O)O)c3ccc4c(S(=O)(=O)O)cc(S(=O)(=O)O)cc4c3C2(C)C)c2ccc(C(=O)NCCc3ccc(S(N)(=O)=O)cc3)cn2)=[N+](CCCS(=O)(=O)O)c2ccc3c(S(=O)(=O)O)cc(S(=O)(=O)O)cc3c21. The number of amides is 1. The van der Waals surface area contributed by atoms with Crippen LogP contribution in [0.5, 0.6) is 0 Å². The summed E-state index contributed by atoms with van der Waals surface area (Å²) in [6.45, 7) is 6.41. The molecule has 86 heavy (non-hydrogen) atoms. The number of pyridine rings is 1. The van der Waals surface area contributed by atoms with Crippen LogP contribution < -0.4 is 15.4 Å². The van der Waals surface area contributed by atoms with Crippen molar-refractivity contribution in [2.75, 3.05) is 36.0 Å². The number of nitrogens with one attached hydrogen (secondary N) is 1. The lowest BCUT2D eigenvalue weighted by Crippen LogP contribution is -2.28. The number of carbonyl (C=O) groups excluding carboxylic acids is 1. The van der Waals surface area contributed by atoms with Crippen LogP contribution in [0.25, 0.3) is 27.1 Å². The molecular formula is C53H56N5O21S7+. The molecule has 6 aromatic rings. The Bertz CT molecular complexity index is 4810. The van der Waals surface area contributed by atoms with E-state index in [2.05, 4.69) is 10.3 Å². The van der Waals surface area contributed by atoms with Crippen LogP contribution in [0.1, 0.15) is 73.3 Å². The molecule has 460 valence electrons. The second-order valence-corrected chi connectivity index (χ2v) is 31.5. The third kappa shape index (κ3) is 14.0. The lowest BCUT2D eigenvalue weighted by atomic mass is 9.79. The van der Waals surface area contributed by atoms with Crippen molar-refractivity contribution < 1.29 is 95.6 Å². The summed E-state index contributed by atoms with van der Waals surface area (Å²) in [5.74, 6) is -2.03. The summed E-state index contributed by atoms with van der Waals surface area (Å²) in [5, 5.41) is 7.52. The number of carbonyl (C=O) groups is 1. The third-order valence-corrected chi connectivity index (χ3v) is 20.6. The monoisotopic (exact) mass is 1320 g/mol. The van der Waals surface area contributed by atoms with Gasteiger partial charge in [0.1, 0.15) is 16.3 Å². The van der Waals surface area contributed by atoms with Gasteiger partial charge in [-0.2, -0.15) is 55.1 Å². The fraction of sp³-hybridized carbons (Fsp3) is 0.264. The smallest absolute Gasteiger partial charge is 0.295 e. The van der Waals surface area contributed by atoms with E-state index in [-0.39, 0.29) is 105 Å². The summed E-state index contributed by atoms with van der Waals surface area (Å²) >= 11 is 0. The summed E-state index contributed by atoms with van der Waals surface area (Å²) in [6.07, 6.45) is 7.31. The Kier molecular flexibility index (Phi) is 17.5. The van der Waals surface area contributed by atoms with Crippen LogP contribution in [0.15, 0.2) is 146 Å². The number of fused-ring (bicyclic) bond motifs is 6. The Morgan fingerprint density at radius 1 is 0.628 bits per heavy atom. The number of rotatable bonds is 21. The van der Waals surface area contributed by atoms with Crippen LogP contribution in [-0.4, -0.2) is 139 Å². The molecule has 3 heterocycles. The molecule has 0 saturated heterocycles. The normalized spacial score (nSPS) is 16.4. The van der Waals surface area contributed by atoms with E-state index in [1.54, 1.807) is 61.5 Å². The van der Waals surface area contributed by atoms with Crippen molar-refractivity contribution in [1.82, 2.24) is 10.3 Å². The van der Waals surface area contributed by atoms with Crippen molar-refractivity contribution in [1.29, 1.82) is 0 Å². The van der Waals surface area contributed by atoms with E-state index in [0.717, 1.165) is 12.1 Å². The zero-order valence-electron chi connectivity index (χ0n) is 45.7. The number of sulfonamides is 1. The Morgan fingerprint density at radius 2 is 1.17 bits per heavy atom. The molecule has 0 fully saturated rings. The standard InChI is InChI=1S/C53H55N5O21S7/c1-52(2)47(57(23-5-25-80(60,61)62)43-17-14-38-40(49(43)52)27-36(83(68,69)70)29-45(38)85(74,75)76)19-10-33(42-16-9-34(31-56-42)51(59)55-22-21-32-7-12-35(13-8-32)82(54,66)67)11-20-48-53(3,4)50-41-28-37(84(71,72)73)30-46(86(77,78)79)39(41)15-18-44(50)58(48)24-6-26-81(63,64)65/h7-20,27-31H,5-6,21-26H2,1-4H3,(H8-,54,55,59,60,61,62,63,64,65,66,67,68,69,70,71,72,73,74,75,76,77,78,79)/p+1. The zero-order valence-corrected chi connectivity index (χ0v) is 51.4. The van der Waals surface area contributed by atoms with E-state index < -0.39 is 119 Å². The first-order chi connectivity index (χ1) is 39.5. The van der Waals surface area contributed by atoms with Gasteiger partial charge in [-0.1, -0.05) is 38.1 Å². The molecule has 26 nitrogen and oxygen atoms in total. The molecule has 0 bridgehead atoms. The Hall–Kier alpha value is -6.70. The molecule has 5 aromatic carbocycles. The Labute approximate surface area is 496 Å². The van der Waals surface area contributed by atoms with Gasteiger partial charge in [-0.25, -0.2) is 13.6 Å². The first kappa shape index (κ1) is 65.3. The summed E-state index contributed by atoms with van der Waals surface area (Å²) in [7, 11) is -33.6. The minimum atomic E-state index is -5.17. The summed E-state index contributed by atoms with van der Waals surface area (Å²) in [4.78, 5) is 16.1. The van der Waals surface area contributed by atoms with Gasteiger partial charge in [0.05, 0.1) is 42.9 Å². The van der Waals surface area contributed by atoms with E-state index >= 15 is 0 Å². The van der Waals surface area contributed by atoms with Crippen molar-refractivity contribution in [3.8, 4) is 0 Å². The average molecular weight is 1320 g/mol. The second kappa shape index (κ2) is 23.1. The highest BCUT2D eigenvalue weighted by Crippen LogP contribution is 2.52. The summed E-state index contributed by atoms with van der Waals surface area (Å²) in [6, 6.07) is 17.3. The highest BCUT2D eigenvalue weighted by molar-refractivity contribution is 7.89. The van der Waals surface area contributed by atoms with E-state index in [4.69, 9.17) is 5.14 Å². The molecular weight excluding hydrogens is 1270 g/mol. The van der Waals surface area contributed by atoms with Crippen molar-refractivity contribution in [3.05, 3.63) is 149 Å². The van der Waals surface area contributed by atoms with Crippen LogP contribution in [0, 0.1) is 0 Å². The molecule has 0 radical (unpaired) electrons. The molecule has 8 rings (SSSR count). The number of anilines is 1. The quantitative estimate of drug-likeness (QED) is 0.0259. The second-order valence-electron chi connectivity index (χ2n) is 21.2. The molecule has 0 spiro atoms. The van der Waals surface area contributed by atoms with Gasteiger partial charge in [-0.15, -0.1) is 0 Å². The Balaban J connectivity index is 1.32. The number of benzene rings is 5. The van der Waals surface area contributed by atoms with E-state index in [1.165, 1.54) is 66.9 Å². The lowest BCUT2D eigenvalue weighted by molar-refractivity contribution is -0.437. The molecule has 2 aliphatic rings. The highest BCUT2D eigenvalue weighted by Gasteiger charge is 2.47. The molecule has 1 aromatic heterocycles. The van der Waals surface area contributed by atoms with E-state index in [0.29, 0.717) is 29.1 Å². The van der Waals surface area contributed by atoms with Crippen molar-refractivity contribution >= 4 is 121 Å². The van der Waals surface area contributed by atoms with Crippen molar-refractivity contribution in [3.63, 3.8) is 0 Å². The van der Waals surface area contributed by atoms with Crippen LogP contribution in [-0.2, 0) is 88.0 Å². The fourth-order valence-corrected chi connectivity index (χ4v) is 15.0. The van der Waals surface area contributed by atoms with Crippen molar-refractivity contribution in [2.24, 2.45) is 5.14 Å². The minimum absolute atomic E-state index is 0.0634. The predicted octanol–water partition coefficient (Wildman–Crippen LogP) is 5.25. The van der Waals surface area contributed by atoms with Gasteiger partial charge in [-0.3, -0.25) is 37.1 Å². The molecule has 0 atom stereocenters. The van der Waals surface area contributed by atoms with Gasteiger partial charge in [0.15, 0.2) is 5.71 Å². The zero-order chi connectivity index (χ0) is 63.7. The van der Waals surface area contributed by atoms with E-state index in [9.17, 15) is 91.0 Å². The maximum atomic E-state index is 13.5. The van der Waals surface area contributed by atoms with Gasteiger partial charge in [0.2, 0.25) is 15.7 Å². The summed E-state index contributed by atoms with van der Waals surface area (Å²) < 4.78 is 236.